The highest BCUT2D eigenvalue weighted by atomic mass is 16.5. The number of likely N-dealkylation sites (N-methyl/N-ethyl adjacent to an activating group) is 1. The SMILES string of the molecule is COc1cc(C2(CN)CN(C)C2)c(OC)cc1C. The lowest BCUT2D eigenvalue weighted by atomic mass is 9.73. The molecular formula is C14H22N2O2. The van der Waals surface area contributed by atoms with E-state index in [1.807, 2.05) is 13.0 Å². The third kappa shape index (κ3) is 1.95. The summed E-state index contributed by atoms with van der Waals surface area (Å²) in [6, 6.07) is 4.11. The van der Waals surface area contributed by atoms with Gasteiger partial charge in [-0.3, -0.25) is 0 Å². The van der Waals surface area contributed by atoms with E-state index in [4.69, 9.17) is 15.2 Å². The number of nitrogens with two attached hydrogens (primary N) is 1. The summed E-state index contributed by atoms with van der Waals surface area (Å²) >= 11 is 0. The van der Waals surface area contributed by atoms with Crippen molar-refractivity contribution in [2.24, 2.45) is 5.73 Å². The van der Waals surface area contributed by atoms with Gasteiger partial charge in [0.05, 0.1) is 14.2 Å². The predicted molar refractivity (Wildman–Crippen MR) is 72.5 cm³/mol. The number of likely N-dealkylation sites (tertiary alicyclic amines) is 1. The quantitative estimate of drug-likeness (QED) is 0.871. The molecule has 1 aliphatic heterocycles. The number of methoxy groups -OCH3 is 2. The zero-order chi connectivity index (χ0) is 13.3. The third-order valence-corrected chi connectivity index (χ3v) is 3.82. The lowest BCUT2D eigenvalue weighted by Crippen LogP contribution is -2.61. The Kier molecular flexibility index (Phi) is 3.50. The lowest BCUT2D eigenvalue weighted by molar-refractivity contribution is 0.0974. The Labute approximate surface area is 109 Å². The molecule has 4 nitrogen and oxygen atoms in total. The second-order valence-electron chi connectivity index (χ2n) is 5.18. The zero-order valence-electron chi connectivity index (χ0n) is 11.6. The topological polar surface area (TPSA) is 47.7 Å². The first kappa shape index (κ1) is 13.2. The van der Waals surface area contributed by atoms with Crippen molar-refractivity contribution in [1.82, 2.24) is 4.90 Å². The smallest absolute Gasteiger partial charge is 0.123 e. The first-order valence-electron chi connectivity index (χ1n) is 6.18. The molecule has 0 spiro atoms. The molecule has 1 fully saturated rings. The van der Waals surface area contributed by atoms with Crippen LogP contribution in [0.25, 0.3) is 0 Å². The number of aryl methyl sites for hydroxylation is 1. The molecule has 0 unspecified atom stereocenters. The summed E-state index contributed by atoms with van der Waals surface area (Å²) in [5.41, 5.74) is 8.24. The summed E-state index contributed by atoms with van der Waals surface area (Å²) in [4.78, 5) is 2.26. The van der Waals surface area contributed by atoms with Crippen LogP contribution in [0, 0.1) is 6.92 Å². The third-order valence-electron chi connectivity index (χ3n) is 3.82. The molecule has 2 N–H and O–H groups in total. The molecule has 0 bridgehead atoms. The van der Waals surface area contributed by atoms with E-state index in [-0.39, 0.29) is 5.41 Å². The fraction of sp³-hybridized carbons (Fsp3) is 0.571. The van der Waals surface area contributed by atoms with Crippen LogP contribution in [0.15, 0.2) is 12.1 Å². The van der Waals surface area contributed by atoms with Gasteiger partial charge in [-0.05, 0) is 31.7 Å². The van der Waals surface area contributed by atoms with Crippen LogP contribution in [-0.2, 0) is 5.41 Å². The molecule has 1 heterocycles. The fourth-order valence-corrected chi connectivity index (χ4v) is 2.86. The van der Waals surface area contributed by atoms with E-state index in [0.29, 0.717) is 6.54 Å². The highest BCUT2D eigenvalue weighted by Crippen LogP contribution is 2.41. The summed E-state index contributed by atoms with van der Waals surface area (Å²) in [5.74, 6) is 1.81. The van der Waals surface area contributed by atoms with Gasteiger partial charge in [0.25, 0.3) is 0 Å². The normalized spacial score (nSPS) is 18.3. The standard InChI is InChI=1S/C14H22N2O2/c1-10-5-13(18-4)11(6-12(10)17-3)14(7-15)8-16(2)9-14/h5-6H,7-9,15H2,1-4H3. The summed E-state index contributed by atoms with van der Waals surface area (Å²) < 4.78 is 10.9. The number of rotatable bonds is 4. The van der Waals surface area contributed by atoms with E-state index < -0.39 is 0 Å². The van der Waals surface area contributed by atoms with Crippen molar-refractivity contribution in [3.05, 3.63) is 23.3 Å². The van der Waals surface area contributed by atoms with Crippen LogP contribution >= 0.6 is 0 Å². The van der Waals surface area contributed by atoms with Gasteiger partial charge >= 0.3 is 0 Å². The minimum Gasteiger partial charge on any atom is -0.496 e. The maximum absolute atomic E-state index is 5.99. The average molecular weight is 250 g/mol. The molecule has 0 saturated carbocycles. The Hall–Kier alpha value is -1.26. The first-order valence-corrected chi connectivity index (χ1v) is 6.18. The molecule has 0 amide bonds. The van der Waals surface area contributed by atoms with E-state index in [1.165, 1.54) is 0 Å². The fourth-order valence-electron chi connectivity index (χ4n) is 2.86. The van der Waals surface area contributed by atoms with Crippen LogP contribution in [0.4, 0.5) is 0 Å². The summed E-state index contributed by atoms with van der Waals surface area (Å²) in [5, 5.41) is 0. The van der Waals surface area contributed by atoms with E-state index in [0.717, 1.165) is 35.7 Å². The Morgan fingerprint density at radius 1 is 1.22 bits per heavy atom. The molecule has 18 heavy (non-hydrogen) atoms. The predicted octanol–water partition coefficient (Wildman–Crippen LogP) is 1.15. The number of hydrogen-bond acceptors (Lipinski definition) is 4. The van der Waals surface area contributed by atoms with Gasteiger partial charge in [0.1, 0.15) is 11.5 Å². The highest BCUT2D eigenvalue weighted by molar-refractivity contribution is 5.51. The van der Waals surface area contributed by atoms with Gasteiger partial charge in [0, 0.05) is 30.6 Å². The number of nitrogens with zero attached hydrogens (tertiary/aromatic N) is 1. The van der Waals surface area contributed by atoms with Crippen molar-refractivity contribution in [2.75, 3.05) is 40.9 Å². The average Bonchev–Trinajstić information content (AvgIpc) is 2.34. The highest BCUT2D eigenvalue weighted by Gasteiger charge is 2.43. The Balaban J connectivity index is 2.48. The molecule has 0 aliphatic carbocycles. The van der Waals surface area contributed by atoms with Crippen molar-refractivity contribution in [1.29, 1.82) is 0 Å². The van der Waals surface area contributed by atoms with Crippen LogP contribution in [-0.4, -0.2) is 45.8 Å². The second-order valence-corrected chi connectivity index (χ2v) is 5.18. The molecule has 0 aromatic heterocycles. The molecule has 0 atom stereocenters. The van der Waals surface area contributed by atoms with E-state index in [2.05, 4.69) is 18.0 Å². The maximum Gasteiger partial charge on any atom is 0.123 e. The Bertz CT molecular complexity index is 440. The van der Waals surface area contributed by atoms with Crippen LogP contribution in [0.2, 0.25) is 0 Å². The zero-order valence-corrected chi connectivity index (χ0v) is 11.6. The molecule has 1 saturated heterocycles. The summed E-state index contributed by atoms with van der Waals surface area (Å²) in [7, 11) is 5.50. The van der Waals surface area contributed by atoms with Crippen LogP contribution < -0.4 is 15.2 Å². The minimum atomic E-state index is 0.00106. The number of benzene rings is 1. The van der Waals surface area contributed by atoms with Crippen molar-refractivity contribution < 1.29 is 9.47 Å². The van der Waals surface area contributed by atoms with Gasteiger partial charge < -0.3 is 20.1 Å². The second kappa shape index (κ2) is 4.78. The molecule has 1 aromatic carbocycles. The van der Waals surface area contributed by atoms with Crippen molar-refractivity contribution >= 4 is 0 Å². The van der Waals surface area contributed by atoms with Gasteiger partial charge in [-0.2, -0.15) is 0 Å². The molecule has 2 rings (SSSR count). The van der Waals surface area contributed by atoms with E-state index >= 15 is 0 Å². The van der Waals surface area contributed by atoms with Crippen molar-refractivity contribution in [3.8, 4) is 11.5 Å². The Morgan fingerprint density at radius 3 is 2.28 bits per heavy atom. The monoisotopic (exact) mass is 250 g/mol. The molecular weight excluding hydrogens is 228 g/mol. The molecule has 1 aliphatic rings. The van der Waals surface area contributed by atoms with E-state index in [1.54, 1.807) is 14.2 Å². The van der Waals surface area contributed by atoms with Gasteiger partial charge in [-0.15, -0.1) is 0 Å². The summed E-state index contributed by atoms with van der Waals surface area (Å²) in [6.07, 6.45) is 0. The van der Waals surface area contributed by atoms with Crippen LogP contribution in [0.3, 0.4) is 0 Å². The van der Waals surface area contributed by atoms with Crippen LogP contribution in [0.1, 0.15) is 11.1 Å². The van der Waals surface area contributed by atoms with Gasteiger partial charge in [0.15, 0.2) is 0 Å². The van der Waals surface area contributed by atoms with E-state index in [9.17, 15) is 0 Å². The molecule has 0 radical (unpaired) electrons. The van der Waals surface area contributed by atoms with Crippen molar-refractivity contribution in [2.45, 2.75) is 12.3 Å². The van der Waals surface area contributed by atoms with Crippen molar-refractivity contribution in [3.63, 3.8) is 0 Å². The van der Waals surface area contributed by atoms with Gasteiger partial charge in [-0.1, -0.05) is 0 Å². The Morgan fingerprint density at radius 2 is 1.83 bits per heavy atom. The van der Waals surface area contributed by atoms with Gasteiger partial charge in [0.2, 0.25) is 0 Å². The molecule has 100 valence electrons. The number of ether oxygens (including phenoxy) is 2. The minimum absolute atomic E-state index is 0.00106. The lowest BCUT2D eigenvalue weighted by Gasteiger charge is -2.49. The van der Waals surface area contributed by atoms with Gasteiger partial charge in [-0.25, -0.2) is 0 Å². The largest absolute Gasteiger partial charge is 0.496 e. The molecule has 4 heteroatoms. The summed E-state index contributed by atoms with van der Waals surface area (Å²) in [6.45, 7) is 4.57. The first-order chi connectivity index (χ1) is 8.56. The van der Waals surface area contributed by atoms with Crippen LogP contribution in [0.5, 0.6) is 11.5 Å². The number of hydrogen-bond donors (Lipinski definition) is 1. The molecule has 1 aromatic rings. The maximum atomic E-state index is 5.99.